The molecule has 0 aromatic carbocycles. The first-order chi connectivity index (χ1) is 47.6. The summed E-state index contributed by atoms with van der Waals surface area (Å²) in [5.74, 6) is -0.229. The Labute approximate surface area is 596 Å². The molecule has 0 aromatic heterocycles. The van der Waals surface area contributed by atoms with Crippen molar-refractivity contribution in [3.63, 3.8) is 0 Å². The quantitative estimate of drug-likeness (QED) is 0.0204. The summed E-state index contributed by atoms with van der Waals surface area (Å²) in [6.45, 7) is 2.87. The Morgan fingerprint density at radius 2 is 0.649 bits per heavy atom. The number of amides is 1. The topological polar surface area (TPSA) is 228 Å². The van der Waals surface area contributed by atoms with Crippen LogP contribution in [0.3, 0.4) is 0 Å². The number of ether oxygens (including phenoxy) is 4. The van der Waals surface area contributed by atoms with Crippen molar-refractivity contribution in [2.24, 2.45) is 0 Å². The van der Waals surface area contributed by atoms with Crippen LogP contribution in [0.15, 0.2) is 24.3 Å². The highest BCUT2D eigenvalue weighted by molar-refractivity contribution is 5.76. The summed E-state index contributed by atoms with van der Waals surface area (Å²) in [6.07, 6.45) is 71.4. The third-order valence-electron chi connectivity index (χ3n) is 20.9. The Morgan fingerprint density at radius 1 is 0.361 bits per heavy atom. The van der Waals surface area contributed by atoms with Crippen LogP contribution in [0, 0.1) is 0 Å². The lowest BCUT2D eigenvalue weighted by atomic mass is 9.97. The van der Waals surface area contributed by atoms with Gasteiger partial charge >= 0.3 is 0 Å². The smallest absolute Gasteiger partial charge is 0.220 e. The first-order valence-corrected chi connectivity index (χ1v) is 42.1. The minimum atomic E-state index is -1.79. The fourth-order valence-corrected chi connectivity index (χ4v) is 14.2. The third kappa shape index (κ3) is 50.5. The first kappa shape index (κ1) is 91.6. The highest BCUT2D eigenvalue weighted by atomic mass is 16.7. The summed E-state index contributed by atoms with van der Waals surface area (Å²) in [6, 6.07) is -0.913. The zero-order valence-corrected chi connectivity index (χ0v) is 63.1. The second-order valence-electron chi connectivity index (χ2n) is 30.0. The number of unbranched alkanes of at least 4 members (excludes halogenated alkanes) is 57. The molecule has 0 saturated carbocycles. The van der Waals surface area contributed by atoms with Crippen molar-refractivity contribution >= 4 is 5.91 Å². The molecule has 2 aliphatic rings. The normalized spacial score (nSPS) is 22.2. The number of carbonyl (C=O) groups is 1. The number of rotatable bonds is 72. The summed E-state index contributed by atoms with van der Waals surface area (Å²) in [5.41, 5.74) is 0. The van der Waals surface area contributed by atoms with Crippen LogP contribution in [0.4, 0.5) is 0 Å². The Morgan fingerprint density at radius 3 is 0.979 bits per heavy atom. The summed E-state index contributed by atoms with van der Waals surface area (Å²) in [5, 5.41) is 87.7. The molecule has 0 bridgehead atoms. The van der Waals surface area contributed by atoms with E-state index in [-0.39, 0.29) is 18.9 Å². The maximum Gasteiger partial charge on any atom is 0.220 e. The number of hydrogen-bond acceptors (Lipinski definition) is 13. The van der Waals surface area contributed by atoms with Crippen molar-refractivity contribution in [2.75, 3.05) is 19.8 Å². The third-order valence-corrected chi connectivity index (χ3v) is 20.9. The van der Waals surface area contributed by atoms with Gasteiger partial charge in [-0.25, -0.2) is 0 Å². The Balaban J connectivity index is 1.56. The van der Waals surface area contributed by atoms with Crippen LogP contribution in [0.1, 0.15) is 406 Å². The molecule has 12 unspecified atom stereocenters. The molecule has 2 rings (SSSR count). The van der Waals surface area contributed by atoms with Crippen molar-refractivity contribution < 1.29 is 64.6 Å². The zero-order valence-electron chi connectivity index (χ0n) is 63.1. The molecule has 574 valence electrons. The van der Waals surface area contributed by atoms with E-state index in [0.29, 0.717) is 6.42 Å². The minimum absolute atomic E-state index is 0.229. The average Bonchev–Trinajstić information content (AvgIpc) is 0.794. The number of nitrogens with one attached hydrogen (secondary N) is 1. The largest absolute Gasteiger partial charge is 0.394 e. The second-order valence-corrected chi connectivity index (χ2v) is 30.0. The van der Waals surface area contributed by atoms with Crippen LogP contribution in [0.2, 0.25) is 0 Å². The second kappa shape index (κ2) is 67.6. The molecule has 1 amide bonds. The Kier molecular flexibility index (Phi) is 63.8. The maximum absolute atomic E-state index is 13.4. The molecule has 9 N–H and O–H groups in total. The Bertz CT molecular complexity index is 1720. The van der Waals surface area contributed by atoms with Crippen molar-refractivity contribution in [2.45, 2.75) is 479 Å². The van der Waals surface area contributed by atoms with Crippen molar-refractivity contribution in [1.82, 2.24) is 5.32 Å². The maximum atomic E-state index is 13.4. The molecule has 2 aliphatic heterocycles. The van der Waals surface area contributed by atoms with E-state index in [9.17, 15) is 45.6 Å². The predicted octanol–water partition coefficient (Wildman–Crippen LogP) is 19.4. The zero-order chi connectivity index (χ0) is 70.1. The van der Waals surface area contributed by atoms with E-state index >= 15 is 0 Å². The highest BCUT2D eigenvalue weighted by Gasteiger charge is 2.51. The monoisotopic (exact) mass is 1380 g/mol. The lowest BCUT2D eigenvalue weighted by molar-refractivity contribution is -0.359. The molecular formula is C83H159NO13. The molecular weight excluding hydrogens is 1220 g/mol. The fraction of sp³-hybridized carbons (Fsp3) is 0.940. The van der Waals surface area contributed by atoms with Crippen LogP contribution < -0.4 is 5.32 Å². The number of carbonyl (C=O) groups excluding carboxylic acids is 1. The number of aliphatic hydroxyl groups is 8. The van der Waals surface area contributed by atoms with E-state index < -0.39 is 86.8 Å². The molecule has 97 heavy (non-hydrogen) atoms. The lowest BCUT2D eigenvalue weighted by Gasteiger charge is -2.46. The van der Waals surface area contributed by atoms with E-state index in [0.717, 1.165) is 38.5 Å². The van der Waals surface area contributed by atoms with Crippen LogP contribution >= 0.6 is 0 Å². The molecule has 0 aromatic rings. The van der Waals surface area contributed by atoms with Crippen LogP contribution in [-0.4, -0.2) is 140 Å². The van der Waals surface area contributed by atoms with Crippen molar-refractivity contribution in [3.8, 4) is 0 Å². The van der Waals surface area contributed by atoms with Gasteiger partial charge in [-0.15, -0.1) is 0 Å². The molecule has 14 nitrogen and oxygen atoms in total. The van der Waals surface area contributed by atoms with Crippen LogP contribution in [0.25, 0.3) is 0 Å². The summed E-state index contributed by atoms with van der Waals surface area (Å²) >= 11 is 0. The van der Waals surface area contributed by atoms with E-state index in [1.54, 1.807) is 6.08 Å². The van der Waals surface area contributed by atoms with Gasteiger partial charge in [0.1, 0.15) is 48.8 Å². The van der Waals surface area contributed by atoms with Gasteiger partial charge in [0.2, 0.25) is 5.91 Å². The highest BCUT2D eigenvalue weighted by Crippen LogP contribution is 2.30. The standard InChI is InChI=1S/C83H159NO13/c1-3-5-7-9-11-13-15-17-19-21-23-25-27-29-30-31-32-33-34-35-36-37-38-39-40-41-42-43-45-47-49-51-53-55-57-59-61-63-65-67-75(88)84-71(70-94-82-80(93)78(91)81(74(69-86)96-82)97-83-79(92)77(90)76(89)73(68-85)95-83)72(87)66-64-62-60-58-56-54-52-50-48-46-44-28-26-24-22-20-18-16-14-12-10-8-6-4-2/h21,23,64,66,71-74,76-83,85-87,89-93H,3-20,22,24-63,65,67-70H2,1-2H3,(H,84,88)/b23-21-,66-64+. The summed E-state index contributed by atoms with van der Waals surface area (Å²) in [4.78, 5) is 13.4. The molecule has 0 radical (unpaired) electrons. The van der Waals surface area contributed by atoms with E-state index in [1.807, 2.05) is 6.08 Å². The molecule has 2 heterocycles. The van der Waals surface area contributed by atoms with Crippen molar-refractivity contribution in [3.05, 3.63) is 24.3 Å². The Hall–Kier alpha value is -1.53. The molecule has 0 spiro atoms. The van der Waals surface area contributed by atoms with Gasteiger partial charge in [-0.05, 0) is 44.9 Å². The first-order valence-electron chi connectivity index (χ1n) is 42.1. The van der Waals surface area contributed by atoms with Gasteiger partial charge in [-0.3, -0.25) is 4.79 Å². The number of hydrogen-bond donors (Lipinski definition) is 9. The van der Waals surface area contributed by atoms with E-state index in [4.69, 9.17) is 18.9 Å². The van der Waals surface area contributed by atoms with Gasteiger partial charge in [0, 0.05) is 6.42 Å². The molecule has 0 aliphatic carbocycles. The van der Waals surface area contributed by atoms with E-state index in [2.05, 4.69) is 31.3 Å². The number of allylic oxidation sites excluding steroid dienone is 3. The van der Waals surface area contributed by atoms with Crippen LogP contribution in [-0.2, 0) is 23.7 Å². The van der Waals surface area contributed by atoms with Gasteiger partial charge in [0.25, 0.3) is 0 Å². The molecule has 2 fully saturated rings. The average molecular weight is 1380 g/mol. The van der Waals surface area contributed by atoms with E-state index in [1.165, 1.54) is 340 Å². The minimum Gasteiger partial charge on any atom is -0.394 e. The molecule has 2 saturated heterocycles. The fourth-order valence-electron chi connectivity index (χ4n) is 14.2. The lowest BCUT2D eigenvalue weighted by Crippen LogP contribution is -2.65. The van der Waals surface area contributed by atoms with Gasteiger partial charge in [0.15, 0.2) is 12.6 Å². The summed E-state index contributed by atoms with van der Waals surface area (Å²) < 4.78 is 22.9. The molecule has 14 heteroatoms. The summed E-state index contributed by atoms with van der Waals surface area (Å²) in [7, 11) is 0. The SMILES string of the molecule is CCCCCCCCCC/C=C\CCCCCCCCCCCCCCCCCCCCCCCCCCCCCC(=O)NC(COC1OC(CO)C(OC2OC(CO)C(O)C(O)C2O)C(O)C1O)C(O)/C=C/CCCCCCCCCCCCCCCCCCCCCCCC. The van der Waals surface area contributed by atoms with Crippen LogP contribution in [0.5, 0.6) is 0 Å². The van der Waals surface area contributed by atoms with Gasteiger partial charge in [0.05, 0.1) is 32.0 Å². The number of aliphatic hydroxyl groups excluding tert-OH is 8. The predicted molar refractivity (Wildman–Crippen MR) is 402 cm³/mol. The van der Waals surface area contributed by atoms with Crippen molar-refractivity contribution in [1.29, 1.82) is 0 Å². The van der Waals surface area contributed by atoms with Gasteiger partial charge in [-0.1, -0.05) is 378 Å². The molecule has 12 atom stereocenters. The van der Waals surface area contributed by atoms with Gasteiger partial charge in [-0.2, -0.15) is 0 Å². The van der Waals surface area contributed by atoms with Gasteiger partial charge < -0.3 is 65.1 Å².